The average molecular weight is 360 g/mol. The van der Waals surface area contributed by atoms with E-state index in [0.29, 0.717) is 18.0 Å². The molecule has 0 bridgehead atoms. The molecule has 1 aromatic rings. The number of rotatable bonds is 4. The third-order valence-corrected chi connectivity index (χ3v) is 4.93. The quantitative estimate of drug-likeness (QED) is 0.838. The van der Waals surface area contributed by atoms with E-state index in [9.17, 15) is 0 Å². The third kappa shape index (κ3) is 3.69. The second-order valence-electron chi connectivity index (χ2n) is 5.95. The molecule has 1 aliphatic heterocycles. The van der Waals surface area contributed by atoms with E-state index >= 15 is 0 Å². The van der Waals surface area contributed by atoms with Gasteiger partial charge in [-0.3, -0.25) is 0 Å². The van der Waals surface area contributed by atoms with Gasteiger partial charge in [0.15, 0.2) is 0 Å². The van der Waals surface area contributed by atoms with Gasteiger partial charge in [0.05, 0.1) is 5.69 Å². The van der Waals surface area contributed by atoms with Crippen LogP contribution in [-0.4, -0.2) is 25.2 Å². The summed E-state index contributed by atoms with van der Waals surface area (Å²) in [6.45, 7) is 8.96. The van der Waals surface area contributed by atoms with Gasteiger partial charge >= 0.3 is 0 Å². The lowest BCUT2D eigenvalue weighted by Crippen LogP contribution is -2.58. The molecule has 2 rings (SSSR count). The predicted octanol–water partition coefficient (Wildman–Crippen LogP) is 4.71. The lowest BCUT2D eigenvalue weighted by molar-refractivity contribution is 0.327. The Morgan fingerprint density at radius 1 is 1.45 bits per heavy atom. The molecule has 1 N–H and O–H groups in total. The van der Waals surface area contributed by atoms with Crippen molar-refractivity contribution in [2.45, 2.75) is 45.7 Å². The number of nitrogens with zero attached hydrogens (tertiary/aromatic N) is 1. The van der Waals surface area contributed by atoms with E-state index < -0.39 is 0 Å². The number of piperazine rings is 1. The number of nitrogens with one attached hydrogen (secondary N) is 1. The zero-order valence-corrected chi connectivity index (χ0v) is 14.8. The SMILES string of the molecule is CCCC1CN(c2ccc(Cl)cc2Br)C(C(C)C)CN1. The lowest BCUT2D eigenvalue weighted by atomic mass is 9.96. The van der Waals surface area contributed by atoms with Crippen molar-refractivity contribution in [1.29, 1.82) is 0 Å². The highest BCUT2D eigenvalue weighted by atomic mass is 79.9. The van der Waals surface area contributed by atoms with Gasteiger partial charge in [0.25, 0.3) is 0 Å². The van der Waals surface area contributed by atoms with Crippen LogP contribution in [0.1, 0.15) is 33.6 Å². The van der Waals surface area contributed by atoms with Gasteiger partial charge in [0.2, 0.25) is 0 Å². The Bertz CT molecular complexity index is 450. The largest absolute Gasteiger partial charge is 0.365 e. The zero-order chi connectivity index (χ0) is 14.7. The van der Waals surface area contributed by atoms with Gasteiger partial charge in [0.1, 0.15) is 0 Å². The Morgan fingerprint density at radius 2 is 2.20 bits per heavy atom. The summed E-state index contributed by atoms with van der Waals surface area (Å²) in [7, 11) is 0. The van der Waals surface area contributed by atoms with E-state index in [1.54, 1.807) is 0 Å². The second-order valence-corrected chi connectivity index (χ2v) is 7.24. The highest BCUT2D eigenvalue weighted by Gasteiger charge is 2.30. The van der Waals surface area contributed by atoms with Crippen molar-refractivity contribution in [3.63, 3.8) is 0 Å². The van der Waals surface area contributed by atoms with Crippen LogP contribution in [0.4, 0.5) is 5.69 Å². The Balaban J connectivity index is 2.26. The first-order valence-electron chi connectivity index (χ1n) is 7.48. The topological polar surface area (TPSA) is 15.3 Å². The molecule has 2 nitrogen and oxygen atoms in total. The molecule has 1 aliphatic rings. The van der Waals surface area contributed by atoms with Crippen LogP contribution in [0.25, 0.3) is 0 Å². The monoisotopic (exact) mass is 358 g/mol. The van der Waals surface area contributed by atoms with Gasteiger partial charge in [0, 0.05) is 34.7 Å². The summed E-state index contributed by atoms with van der Waals surface area (Å²) in [5, 5.41) is 4.48. The van der Waals surface area contributed by atoms with Crippen LogP contribution < -0.4 is 10.2 Å². The molecular weight excluding hydrogens is 336 g/mol. The van der Waals surface area contributed by atoms with Crippen LogP contribution in [0.3, 0.4) is 0 Å². The van der Waals surface area contributed by atoms with Crippen molar-refractivity contribution >= 4 is 33.2 Å². The highest BCUT2D eigenvalue weighted by Crippen LogP contribution is 2.33. The van der Waals surface area contributed by atoms with Crippen LogP contribution in [0.15, 0.2) is 22.7 Å². The first-order valence-corrected chi connectivity index (χ1v) is 8.65. The summed E-state index contributed by atoms with van der Waals surface area (Å²) in [4.78, 5) is 2.54. The molecule has 0 aliphatic carbocycles. The van der Waals surface area contributed by atoms with Crippen LogP contribution in [0, 0.1) is 5.92 Å². The van der Waals surface area contributed by atoms with E-state index in [4.69, 9.17) is 11.6 Å². The van der Waals surface area contributed by atoms with Crippen LogP contribution in [0.5, 0.6) is 0 Å². The van der Waals surface area contributed by atoms with Gasteiger partial charge in [-0.1, -0.05) is 38.8 Å². The molecule has 1 saturated heterocycles. The molecule has 2 atom stereocenters. The van der Waals surface area contributed by atoms with Crippen LogP contribution >= 0.6 is 27.5 Å². The van der Waals surface area contributed by atoms with Gasteiger partial charge in [-0.15, -0.1) is 0 Å². The number of hydrogen-bond acceptors (Lipinski definition) is 2. The van der Waals surface area contributed by atoms with E-state index in [1.807, 2.05) is 12.1 Å². The first kappa shape index (κ1) is 16.1. The summed E-state index contributed by atoms with van der Waals surface area (Å²) in [5.74, 6) is 0.618. The molecule has 112 valence electrons. The minimum atomic E-state index is 0.528. The van der Waals surface area contributed by atoms with E-state index in [2.05, 4.69) is 53.0 Å². The van der Waals surface area contributed by atoms with Crippen molar-refractivity contribution in [3.8, 4) is 0 Å². The van der Waals surface area contributed by atoms with E-state index in [0.717, 1.165) is 22.6 Å². The lowest BCUT2D eigenvalue weighted by Gasteiger charge is -2.44. The number of hydrogen-bond donors (Lipinski definition) is 1. The Kier molecular flexibility index (Phi) is 5.76. The maximum absolute atomic E-state index is 6.07. The number of benzene rings is 1. The van der Waals surface area contributed by atoms with Crippen LogP contribution in [-0.2, 0) is 0 Å². The molecule has 0 aromatic heterocycles. The smallest absolute Gasteiger partial charge is 0.0515 e. The molecule has 1 aromatic carbocycles. The maximum Gasteiger partial charge on any atom is 0.0515 e. The molecule has 20 heavy (non-hydrogen) atoms. The molecule has 4 heteroatoms. The molecule has 0 spiro atoms. The van der Waals surface area contributed by atoms with E-state index in [1.165, 1.54) is 18.5 Å². The number of halogens is 2. The maximum atomic E-state index is 6.07. The Morgan fingerprint density at radius 3 is 2.80 bits per heavy atom. The predicted molar refractivity (Wildman–Crippen MR) is 91.8 cm³/mol. The summed E-state index contributed by atoms with van der Waals surface area (Å²) >= 11 is 9.74. The zero-order valence-electron chi connectivity index (χ0n) is 12.5. The van der Waals surface area contributed by atoms with Crippen molar-refractivity contribution in [2.24, 2.45) is 5.92 Å². The third-order valence-electron chi connectivity index (χ3n) is 4.06. The van der Waals surface area contributed by atoms with Crippen molar-refractivity contribution in [1.82, 2.24) is 5.32 Å². The molecule has 0 saturated carbocycles. The summed E-state index contributed by atoms with van der Waals surface area (Å²) in [5.41, 5.74) is 1.26. The highest BCUT2D eigenvalue weighted by molar-refractivity contribution is 9.10. The Labute approximate surface area is 136 Å². The van der Waals surface area contributed by atoms with Gasteiger partial charge in [-0.2, -0.15) is 0 Å². The molecule has 0 amide bonds. The molecule has 0 radical (unpaired) electrons. The summed E-state index contributed by atoms with van der Waals surface area (Å²) in [6, 6.07) is 7.22. The first-order chi connectivity index (χ1) is 9.52. The fourth-order valence-corrected chi connectivity index (χ4v) is 3.87. The van der Waals surface area contributed by atoms with Gasteiger partial charge in [-0.25, -0.2) is 0 Å². The van der Waals surface area contributed by atoms with Crippen molar-refractivity contribution < 1.29 is 0 Å². The normalized spacial score (nSPS) is 23.4. The fraction of sp³-hybridized carbons (Fsp3) is 0.625. The van der Waals surface area contributed by atoms with E-state index in [-0.39, 0.29) is 0 Å². The minimum absolute atomic E-state index is 0.528. The summed E-state index contributed by atoms with van der Waals surface area (Å²) in [6.07, 6.45) is 2.45. The standard InChI is InChI=1S/C16H24BrClN2/c1-4-5-13-10-20(16(9-19-13)11(2)3)15-7-6-12(18)8-14(15)17/h6-8,11,13,16,19H,4-5,9-10H2,1-3H3. The minimum Gasteiger partial charge on any atom is -0.365 e. The van der Waals surface area contributed by atoms with Gasteiger partial charge in [-0.05, 0) is 46.5 Å². The van der Waals surface area contributed by atoms with Crippen molar-refractivity contribution in [2.75, 3.05) is 18.0 Å². The summed E-state index contributed by atoms with van der Waals surface area (Å²) < 4.78 is 1.09. The molecule has 2 unspecified atom stereocenters. The fourth-order valence-electron chi connectivity index (χ4n) is 2.96. The molecule has 1 fully saturated rings. The Hall–Kier alpha value is -0.250. The van der Waals surface area contributed by atoms with Gasteiger partial charge < -0.3 is 10.2 Å². The second kappa shape index (κ2) is 7.15. The van der Waals surface area contributed by atoms with Crippen LogP contribution in [0.2, 0.25) is 5.02 Å². The molecular formula is C16H24BrClN2. The average Bonchev–Trinajstić information content (AvgIpc) is 2.38. The number of anilines is 1. The van der Waals surface area contributed by atoms with Crippen molar-refractivity contribution in [3.05, 3.63) is 27.7 Å². The molecule has 1 heterocycles.